The normalized spacial score (nSPS) is 14.8. The molecule has 2 heterocycles. The van der Waals surface area contributed by atoms with Gasteiger partial charge in [0.05, 0.1) is 10.9 Å². The van der Waals surface area contributed by atoms with E-state index < -0.39 is 0 Å². The maximum Gasteiger partial charge on any atom is 0.150 e. The van der Waals surface area contributed by atoms with Crippen LogP contribution in [0.25, 0.3) is 39.0 Å². The van der Waals surface area contributed by atoms with Crippen LogP contribution in [0, 0.1) is 5.41 Å². The quantitative estimate of drug-likeness (QED) is 0.319. The van der Waals surface area contributed by atoms with Crippen LogP contribution in [-0.4, -0.2) is 11.8 Å². The second-order valence-electron chi connectivity index (χ2n) is 8.47. The molecule has 4 nitrogen and oxygen atoms in total. The number of benzene rings is 3. The molecule has 0 fully saturated rings. The fraction of sp³-hybridized carbons (Fsp3) is 0.154. The van der Waals surface area contributed by atoms with Gasteiger partial charge in [-0.05, 0) is 56.2 Å². The number of hydrogen-bond acceptors (Lipinski definition) is 4. The Bertz CT molecular complexity index is 1370. The highest BCUT2D eigenvalue weighted by molar-refractivity contribution is 6.07. The Hall–Kier alpha value is -3.66. The van der Waals surface area contributed by atoms with Crippen molar-refractivity contribution in [1.82, 2.24) is 0 Å². The van der Waals surface area contributed by atoms with Gasteiger partial charge in [0.15, 0.2) is 0 Å². The summed E-state index contributed by atoms with van der Waals surface area (Å²) in [6, 6.07) is 17.3. The van der Waals surface area contributed by atoms with Crippen LogP contribution in [-0.2, 0) is 0 Å². The van der Waals surface area contributed by atoms with Gasteiger partial charge in [-0.15, -0.1) is 0 Å². The zero-order valence-corrected chi connectivity index (χ0v) is 17.2. The number of nitrogens with one attached hydrogen (secondary N) is 2. The van der Waals surface area contributed by atoms with Crippen molar-refractivity contribution in [2.75, 3.05) is 5.32 Å². The number of hydrogen-bond donors (Lipinski definition) is 2. The summed E-state index contributed by atoms with van der Waals surface area (Å²) < 4.78 is 6.41. The Kier molecular flexibility index (Phi) is 3.93. The Morgan fingerprint density at radius 1 is 1.00 bits per heavy atom. The molecule has 0 aromatic heterocycles. The molecular formula is C26H22N2O2. The van der Waals surface area contributed by atoms with Gasteiger partial charge in [0, 0.05) is 39.4 Å². The van der Waals surface area contributed by atoms with Crippen molar-refractivity contribution < 1.29 is 9.21 Å². The van der Waals surface area contributed by atoms with E-state index in [1.807, 2.05) is 30.3 Å². The fourth-order valence-corrected chi connectivity index (χ4v) is 4.49. The summed E-state index contributed by atoms with van der Waals surface area (Å²) in [5, 5.41) is 13.1. The van der Waals surface area contributed by atoms with Gasteiger partial charge in [-0.3, -0.25) is 4.79 Å². The Labute approximate surface area is 174 Å². The molecule has 2 aromatic rings. The van der Waals surface area contributed by atoms with Crippen LogP contribution in [0.5, 0.6) is 0 Å². The number of carbonyl (C=O) groups is 1. The third kappa shape index (κ3) is 2.84. The number of anilines is 1. The van der Waals surface area contributed by atoms with Crippen molar-refractivity contribution in [3.05, 3.63) is 77.2 Å². The van der Waals surface area contributed by atoms with Gasteiger partial charge in [-0.25, -0.2) is 0 Å². The van der Waals surface area contributed by atoms with Gasteiger partial charge in [0.25, 0.3) is 0 Å². The minimum Gasteiger partial charge on any atom is -0.455 e. The number of aldehydes is 1. The molecule has 2 N–H and O–H groups in total. The van der Waals surface area contributed by atoms with Crippen molar-refractivity contribution >= 4 is 28.5 Å². The zero-order chi connectivity index (χ0) is 21.0. The highest BCUT2D eigenvalue weighted by atomic mass is 16.3. The third-order valence-electron chi connectivity index (χ3n) is 5.65. The molecular weight excluding hydrogens is 372 g/mol. The summed E-state index contributed by atoms with van der Waals surface area (Å²) in [7, 11) is 0. The first kappa shape index (κ1) is 18.4. The molecule has 3 aliphatic rings. The molecule has 0 radical (unpaired) electrons. The van der Waals surface area contributed by atoms with E-state index in [-0.39, 0.29) is 5.54 Å². The van der Waals surface area contributed by atoms with Crippen molar-refractivity contribution in [2.45, 2.75) is 26.3 Å². The molecule has 0 saturated carbocycles. The molecule has 30 heavy (non-hydrogen) atoms. The summed E-state index contributed by atoms with van der Waals surface area (Å²) in [5.74, 6) is 0.676. The lowest BCUT2D eigenvalue weighted by molar-refractivity contribution is 0.112. The van der Waals surface area contributed by atoms with E-state index in [0.717, 1.165) is 50.8 Å². The van der Waals surface area contributed by atoms with E-state index in [2.05, 4.69) is 44.3 Å². The number of rotatable bonds is 2. The smallest absolute Gasteiger partial charge is 0.150 e. The molecule has 148 valence electrons. The summed E-state index contributed by atoms with van der Waals surface area (Å²) in [6.45, 7) is 6.40. The van der Waals surface area contributed by atoms with Crippen LogP contribution >= 0.6 is 0 Å². The summed E-state index contributed by atoms with van der Waals surface area (Å²) in [4.78, 5) is 11.1. The van der Waals surface area contributed by atoms with Gasteiger partial charge in [-0.1, -0.05) is 30.3 Å². The predicted octanol–water partition coefficient (Wildman–Crippen LogP) is 6.10. The highest BCUT2D eigenvalue weighted by Crippen LogP contribution is 2.45. The first-order valence-corrected chi connectivity index (χ1v) is 9.98. The van der Waals surface area contributed by atoms with Gasteiger partial charge in [0.2, 0.25) is 0 Å². The van der Waals surface area contributed by atoms with Crippen molar-refractivity contribution in [3.63, 3.8) is 0 Å². The summed E-state index contributed by atoms with van der Waals surface area (Å²) in [5.41, 5.74) is 7.56. The topological polar surface area (TPSA) is 66.1 Å². The first-order valence-electron chi connectivity index (χ1n) is 9.98. The lowest BCUT2D eigenvalue weighted by atomic mass is 9.87. The standard InChI is InChI=1S/C26H22N2O2/c1-15-13-26(2,3)28-21-11-10-20-24(17-6-4-16(14-29)5-7-17)19-9-8-18(27)12-22(19)30-25(20)23(15)21/h4-14,27-28H,1-3H3. The Morgan fingerprint density at radius 3 is 2.50 bits per heavy atom. The van der Waals surface area contributed by atoms with Crippen LogP contribution in [0.2, 0.25) is 0 Å². The minimum absolute atomic E-state index is 0.135. The third-order valence-corrected chi connectivity index (χ3v) is 5.65. The second-order valence-corrected chi connectivity index (χ2v) is 8.47. The second kappa shape index (κ2) is 6.42. The minimum atomic E-state index is -0.135. The fourth-order valence-electron chi connectivity index (χ4n) is 4.49. The molecule has 5 rings (SSSR count). The molecule has 0 atom stereocenters. The number of fused-ring (bicyclic) bond motifs is 4. The maximum atomic E-state index is 11.1. The van der Waals surface area contributed by atoms with E-state index in [4.69, 9.17) is 9.83 Å². The SMILES string of the molecule is CC1=CC(C)(C)Nc2ccc3c(-c4ccc(C=O)cc4)c4ccc(=N)cc-4oc3c21. The average Bonchev–Trinajstić information content (AvgIpc) is 2.70. The van der Waals surface area contributed by atoms with Crippen LogP contribution in [0.1, 0.15) is 36.7 Å². The predicted molar refractivity (Wildman–Crippen MR) is 121 cm³/mol. The molecule has 2 aliphatic heterocycles. The highest BCUT2D eigenvalue weighted by Gasteiger charge is 2.27. The van der Waals surface area contributed by atoms with Crippen molar-refractivity contribution in [1.29, 1.82) is 5.41 Å². The maximum absolute atomic E-state index is 11.1. The van der Waals surface area contributed by atoms with Crippen molar-refractivity contribution in [2.24, 2.45) is 0 Å². The molecule has 0 bridgehead atoms. The number of allylic oxidation sites excluding steroid dienone is 1. The Morgan fingerprint density at radius 2 is 1.77 bits per heavy atom. The van der Waals surface area contributed by atoms with E-state index in [0.29, 0.717) is 16.7 Å². The Balaban J connectivity index is 1.91. The molecule has 0 amide bonds. The molecule has 0 spiro atoms. The van der Waals surface area contributed by atoms with Crippen molar-refractivity contribution in [3.8, 4) is 22.5 Å². The summed E-state index contributed by atoms with van der Waals surface area (Å²) >= 11 is 0. The lowest BCUT2D eigenvalue weighted by Crippen LogP contribution is -2.31. The molecule has 2 aromatic carbocycles. The van der Waals surface area contributed by atoms with Gasteiger partial charge in [-0.2, -0.15) is 0 Å². The molecule has 1 aliphatic carbocycles. The molecule has 0 saturated heterocycles. The van der Waals surface area contributed by atoms with Gasteiger partial charge < -0.3 is 15.1 Å². The van der Waals surface area contributed by atoms with Crippen LogP contribution in [0.3, 0.4) is 0 Å². The monoisotopic (exact) mass is 394 g/mol. The average molecular weight is 394 g/mol. The van der Waals surface area contributed by atoms with Crippen LogP contribution in [0.15, 0.2) is 65.1 Å². The van der Waals surface area contributed by atoms with Gasteiger partial charge >= 0.3 is 0 Å². The molecule has 0 unspecified atom stereocenters. The van der Waals surface area contributed by atoms with Crippen LogP contribution in [0.4, 0.5) is 5.69 Å². The zero-order valence-electron chi connectivity index (χ0n) is 17.2. The largest absolute Gasteiger partial charge is 0.455 e. The molecule has 4 heteroatoms. The van der Waals surface area contributed by atoms with Gasteiger partial charge in [0.1, 0.15) is 17.6 Å². The first-order chi connectivity index (χ1) is 14.4. The van der Waals surface area contributed by atoms with E-state index in [1.165, 1.54) is 0 Å². The summed E-state index contributed by atoms with van der Waals surface area (Å²) in [6.07, 6.45) is 3.07. The number of carbonyl (C=O) groups excluding carboxylic acids is 1. The van der Waals surface area contributed by atoms with E-state index >= 15 is 0 Å². The van der Waals surface area contributed by atoms with Crippen LogP contribution < -0.4 is 10.7 Å². The lowest BCUT2D eigenvalue weighted by Gasteiger charge is -2.32. The van der Waals surface area contributed by atoms with E-state index in [1.54, 1.807) is 12.1 Å². The van der Waals surface area contributed by atoms with E-state index in [9.17, 15) is 4.79 Å².